The number of fused-ring (bicyclic) bond motifs is 2. The molecule has 0 radical (unpaired) electrons. The molecule has 4 rings (SSSR count). The maximum atomic E-state index is 11.8. The first kappa shape index (κ1) is 12.4. The molecule has 2 heterocycles. The van der Waals surface area contributed by atoms with E-state index in [1.54, 1.807) is 17.5 Å². The summed E-state index contributed by atoms with van der Waals surface area (Å²) in [5.41, 5.74) is 5.26. The molecule has 21 heavy (non-hydrogen) atoms. The second kappa shape index (κ2) is 4.89. The van der Waals surface area contributed by atoms with Crippen molar-refractivity contribution >= 4 is 39.0 Å². The molecular formula is C15H12N4OS. The van der Waals surface area contributed by atoms with Gasteiger partial charge in [0.25, 0.3) is 0 Å². The number of anilines is 2. The van der Waals surface area contributed by atoms with Gasteiger partial charge in [-0.3, -0.25) is 4.79 Å². The predicted molar refractivity (Wildman–Crippen MR) is 82.2 cm³/mol. The average Bonchev–Trinajstić information content (AvgIpc) is 2.95. The van der Waals surface area contributed by atoms with Gasteiger partial charge in [0.2, 0.25) is 5.95 Å². The van der Waals surface area contributed by atoms with Crippen LogP contribution in [0.5, 0.6) is 0 Å². The lowest BCUT2D eigenvalue weighted by molar-refractivity contribution is 0.0971. The van der Waals surface area contributed by atoms with E-state index < -0.39 is 0 Å². The first-order valence-electron chi connectivity index (χ1n) is 6.79. The van der Waals surface area contributed by atoms with Crippen LogP contribution in [0.15, 0.2) is 29.9 Å². The van der Waals surface area contributed by atoms with Crippen molar-refractivity contribution in [1.29, 1.82) is 0 Å². The van der Waals surface area contributed by atoms with E-state index >= 15 is 0 Å². The van der Waals surface area contributed by atoms with Crippen molar-refractivity contribution in [2.75, 3.05) is 5.32 Å². The second-order valence-corrected chi connectivity index (χ2v) is 5.88. The third-order valence-corrected chi connectivity index (χ3v) is 4.36. The van der Waals surface area contributed by atoms with Crippen molar-refractivity contribution in [1.82, 2.24) is 15.0 Å². The fraction of sp³-hybridized carbons (Fsp3) is 0.200. The number of ketones is 1. The molecule has 0 unspecified atom stereocenters. The molecule has 0 fully saturated rings. The summed E-state index contributed by atoms with van der Waals surface area (Å²) < 4.78 is 1.12. The fourth-order valence-corrected chi connectivity index (χ4v) is 3.23. The zero-order valence-corrected chi connectivity index (χ0v) is 12.0. The summed E-state index contributed by atoms with van der Waals surface area (Å²) in [6.45, 7) is 0. The quantitative estimate of drug-likeness (QED) is 0.785. The van der Waals surface area contributed by atoms with Crippen LogP contribution in [0.4, 0.5) is 11.6 Å². The molecule has 1 aliphatic rings. The van der Waals surface area contributed by atoms with E-state index in [-0.39, 0.29) is 5.78 Å². The molecule has 1 aliphatic carbocycles. The number of nitrogens with one attached hydrogen (secondary N) is 1. The number of hydrogen-bond donors (Lipinski definition) is 1. The fourth-order valence-electron chi connectivity index (χ4n) is 2.51. The molecule has 0 aliphatic heterocycles. The number of aromatic nitrogens is 3. The van der Waals surface area contributed by atoms with Crippen LogP contribution in [0, 0.1) is 0 Å². The molecule has 0 bridgehead atoms. The van der Waals surface area contributed by atoms with E-state index in [0.29, 0.717) is 17.9 Å². The molecule has 0 saturated heterocycles. The highest BCUT2D eigenvalue weighted by atomic mass is 32.1. The minimum atomic E-state index is 0.147. The molecule has 1 N–H and O–H groups in total. The first-order chi connectivity index (χ1) is 10.3. The molecule has 1 aromatic carbocycles. The van der Waals surface area contributed by atoms with Gasteiger partial charge in [-0.2, -0.15) is 0 Å². The highest BCUT2D eigenvalue weighted by molar-refractivity contribution is 7.16. The summed E-state index contributed by atoms with van der Waals surface area (Å²) in [4.78, 5) is 24.7. The normalized spacial score (nSPS) is 14.2. The minimum Gasteiger partial charge on any atom is -0.324 e. The van der Waals surface area contributed by atoms with Gasteiger partial charge in [-0.05, 0) is 31.0 Å². The number of benzene rings is 1. The van der Waals surface area contributed by atoms with Crippen LogP contribution in [-0.2, 0) is 6.42 Å². The van der Waals surface area contributed by atoms with Crippen LogP contribution in [0.25, 0.3) is 10.2 Å². The molecule has 6 heteroatoms. The van der Waals surface area contributed by atoms with Crippen molar-refractivity contribution in [2.45, 2.75) is 19.3 Å². The SMILES string of the molecule is O=C1CCCc2nc(Nc3ccc4ncsc4c3)ncc21. The number of carbonyl (C=O) groups is 1. The lowest BCUT2D eigenvalue weighted by atomic mass is 9.96. The molecule has 0 amide bonds. The standard InChI is InChI=1S/C15H12N4OS/c20-13-3-1-2-11-10(13)7-16-15(19-11)18-9-4-5-12-14(6-9)21-8-17-12/h4-8H,1-3H2,(H,16,18,19). The maximum Gasteiger partial charge on any atom is 0.227 e. The van der Waals surface area contributed by atoms with Gasteiger partial charge in [-0.25, -0.2) is 15.0 Å². The van der Waals surface area contributed by atoms with Crippen LogP contribution in [-0.4, -0.2) is 20.7 Å². The predicted octanol–water partition coefficient (Wildman–Crippen LogP) is 3.35. The number of rotatable bonds is 2. The Morgan fingerprint density at radius 3 is 3.10 bits per heavy atom. The van der Waals surface area contributed by atoms with E-state index in [0.717, 1.165) is 34.4 Å². The highest BCUT2D eigenvalue weighted by Crippen LogP contribution is 2.24. The number of aryl methyl sites for hydroxylation is 1. The number of nitrogens with zero attached hydrogens (tertiary/aromatic N) is 3. The Bertz CT molecular complexity index is 843. The van der Waals surface area contributed by atoms with Crippen LogP contribution < -0.4 is 5.32 Å². The molecular weight excluding hydrogens is 284 g/mol. The summed E-state index contributed by atoms with van der Waals surface area (Å²) in [7, 11) is 0. The summed E-state index contributed by atoms with van der Waals surface area (Å²) in [6, 6.07) is 5.95. The van der Waals surface area contributed by atoms with Crippen molar-refractivity contribution in [3.05, 3.63) is 41.2 Å². The highest BCUT2D eigenvalue weighted by Gasteiger charge is 2.19. The van der Waals surface area contributed by atoms with Crippen LogP contribution >= 0.6 is 11.3 Å². The first-order valence-corrected chi connectivity index (χ1v) is 7.67. The van der Waals surface area contributed by atoms with E-state index in [1.807, 2.05) is 23.7 Å². The monoisotopic (exact) mass is 296 g/mol. The molecule has 0 saturated carbocycles. The smallest absolute Gasteiger partial charge is 0.227 e. The van der Waals surface area contributed by atoms with Crippen LogP contribution in [0.3, 0.4) is 0 Å². The van der Waals surface area contributed by atoms with Gasteiger partial charge in [0.1, 0.15) is 0 Å². The van der Waals surface area contributed by atoms with Gasteiger partial charge in [0, 0.05) is 18.3 Å². The molecule has 104 valence electrons. The Balaban J connectivity index is 1.66. The Hall–Kier alpha value is -2.34. The van der Waals surface area contributed by atoms with Crippen molar-refractivity contribution in [2.24, 2.45) is 0 Å². The van der Waals surface area contributed by atoms with Gasteiger partial charge in [-0.15, -0.1) is 11.3 Å². The summed E-state index contributed by atoms with van der Waals surface area (Å²) in [5.74, 6) is 0.682. The molecule has 0 atom stereocenters. The van der Waals surface area contributed by atoms with Gasteiger partial charge < -0.3 is 5.32 Å². The summed E-state index contributed by atoms with van der Waals surface area (Å²) in [6.07, 6.45) is 3.95. The van der Waals surface area contributed by atoms with Gasteiger partial charge in [-0.1, -0.05) is 0 Å². The van der Waals surface area contributed by atoms with Gasteiger partial charge in [0.05, 0.1) is 27.0 Å². The zero-order valence-electron chi connectivity index (χ0n) is 11.2. The molecule has 0 spiro atoms. The lowest BCUT2D eigenvalue weighted by Crippen LogP contribution is -2.14. The topological polar surface area (TPSA) is 67.8 Å². The van der Waals surface area contributed by atoms with Crippen molar-refractivity contribution in [3.8, 4) is 0 Å². The van der Waals surface area contributed by atoms with E-state index in [2.05, 4.69) is 20.3 Å². The number of thiazole rings is 1. The van der Waals surface area contributed by atoms with Gasteiger partial charge in [0.15, 0.2) is 5.78 Å². The minimum absolute atomic E-state index is 0.147. The summed E-state index contributed by atoms with van der Waals surface area (Å²) >= 11 is 1.60. The number of Topliss-reactive ketones (excluding diaryl/α,β-unsaturated/α-hetero) is 1. The molecule has 2 aromatic heterocycles. The van der Waals surface area contributed by atoms with Crippen molar-refractivity contribution < 1.29 is 4.79 Å². The van der Waals surface area contributed by atoms with Gasteiger partial charge >= 0.3 is 0 Å². The van der Waals surface area contributed by atoms with Crippen LogP contribution in [0.2, 0.25) is 0 Å². The number of carbonyl (C=O) groups excluding carboxylic acids is 1. The van der Waals surface area contributed by atoms with E-state index in [9.17, 15) is 4.79 Å². The molecule has 3 aromatic rings. The van der Waals surface area contributed by atoms with E-state index in [4.69, 9.17) is 0 Å². The summed E-state index contributed by atoms with van der Waals surface area (Å²) in [5, 5.41) is 3.20. The number of hydrogen-bond acceptors (Lipinski definition) is 6. The third-order valence-electron chi connectivity index (χ3n) is 3.57. The van der Waals surface area contributed by atoms with Crippen molar-refractivity contribution in [3.63, 3.8) is 0 Å². The third kappa shape index (κ3) is 2.27. The zero-order chi connectivity index (χ0) is 14.2. The second-order valence-electron chi connectivity index (χ2n) is 4.99. The average molecular weight is 296 g/mol. The Kier molecular flexibility index (Phi) is 2.89. The van der Waals surface area contributed by atoms with Crippen LogP contribution in [0.1, 0.15) is 28.9 Å². The Morgan fingerprint density at radius 1 is 1.19 bits per heavy atom. The Labute approximate surface area is 125 Å². The Morgan fingerprint density at radius 2 is 2.14 bits per heavy atom. The maximum absolute atomic E-state index is 11.8. The largest absolute Gasteiger partial charge is 0.324 e. The van der Waals surface area contributed by atoms with E-state index in [1.165, 1.54) is 0 Å². The lowest BCUT2D eigenvalue weighted by Gasteiger charge is -2.14. The molecule has 5 nitrogen and oxygen atoms in total.